The van der Waals surface area contributed by atoms with Gasteiger partial charge in [0.05, 0.1) is 12.4 Å². The third-order valence-electron chi connectivity index (χ3n) is 3.65. The average molecular weight is 361 g/mol. The van der Waals surface area contributed by atoms with Crippen molar-refractivity contribution < 1.29 is 14.3 Å². The van der Waals surface area contributed by atoms with Crippen molar-refractivity contribution in [3.63, 3.8) is 0 Å². The SMILES string of the molecule is CCOC(=O)C(C)(Cc1ccccc1)NC(=O)CSc1nccn1C. The van der Waals surface area contributed by atoms with Gasteiger partial charge in [-0.15, -0.1) is 0 Å². The minimum absolute atomic E-state index is 0.175. The fraction of sp³-hybridized carbons (Fsp3) is 0.389. The van der Waals surface area contributed by atoms with Gasteiger partial charge in [-0.05, 0) is 19.4 Å². The molecule has 1 N–H and O–H groups in total. The highest BCUT2D eigenvalue weighted by atomic mass is 32.2. The highest BCUT2D eigenvalue weighted by Gasteiger charge is 2.36. The van der Waals surface area contributed by atoms with Crippen LogP contribution in [0.4, 0.5) is 0 Å². The highest BCUT2D eigenvalue weighted by Crippen LogP contribution is 2.18. The fourth-order valence-electron chi connectivity index (χ4n) is 2.43. The van der Waals surface area contributed by atoms with Crippen LogP contribution in [0.15, 0.2) is 47.9 Å². The summed E-state index contributed by atoms with van der Waals surface area (Å²) < 4.78 is 7.01. The Morgan fingerprint density at radius 2 is 2.04 bits per heavy atom. The number of thioether (sulfide) groups is 1. The Bertz CT molecular complexity index is 717. The Morgan fingerprint density at radius 3 is 2.64 bits per heavy atom. The first-order valence-electron chi connectivity index (χ1n) is 8.07. The molecule has 2 rings (SSSR count). The summed E-state index contributed by atoms with van der Waals surface area (Å²) in [5, 5.41) is 3.58. The smallest absolute Gasteiger partial charge is 0.331 e. The number of ether oxygens (including phenoxy) is 1. The van der Waals surface area contributed by atoms with Crippen molar-refractivity contribution in [3.8, 4) is 0 Å². The van der Waals surface area contributed by atoms with E-state index in [0.717, 1.165) is 10.7 Å². The maximum absolute atomic E-state index is 12.4. The van der Waals surface area contributed by atoms with Gasteiger partial charge >= 0.3 is 5.97 Å². The van der Waals surface area contributed by atoms with E-state index in [1.807, 2.05) is 48.1 Å². The zero-order valence-electron chi connectivity index (χ0n) is 14.7. The van der Waals surface area contributed by atoms with Crippen LogP contribution in [0.2, 0.25) is 0 Å². The van der Waals surface area contributed by atoms with Crippen LogP contribution in [0, 0.1) is 0 Å². The molecule has 1 heterocycles. The van der Waals surface area contributed by atoms with Crippen LogP contribution in [0.5, 0.6) is 0 Å². The number of carbonyl (C=O) groups excluding carboxylic acids is 2. The molecule has 0 saturated carbocycles. The van der Waals surface area contributed by atoms with Gasteiger partial charge in [-0.1, -0.05) is 42.1 Å². The molecule has 0 aliphatic heterocycles. The number of amides is 1. The van der Waals surface area contributed by atoms with Gasteiger partial charge in [0, 0.05) is 25.9 Å². The van der Waals surface area contributed by atoms with Crippen molar-refractivity contribution >= 4 is 23.6 Å². The largest absolute Gasteiger partial charge is 0.464 e. The van der Waals surface area contributed by atoms with Crippen LogP contribution in [0.1, 0.15) is 19.4 Å². The number of rotatable bonds is 8. The molecule has 0 aliphatic rings. The van der Waals surface area contributed by atoms with Crippen LogP contribution in [0.25, 0.3) is 0 Å². The lowest BCUT2D eigenvalue weighted by Gasteiger charge is -2.28. The summed E-state index contributed by atoms with van der Waals surface area (Å²) in [5.74, 6) is -0.497. The molecule has 134 valence electrons. The van der Waals surface area contributed by atoms with Gasteiger partial charge in [-0.2, -0.15) is 0 Å². The zero-order valence-corrected chi connectivity index (χ0v) is 15.5. The van der Waals surface area contributed by atoms with Crippen molar-refractivity contribution in [2.45, 2.75) is 31.0 Å². The lowest BCUT2D eigenvalue weighted by Crippen LogP contribution is -2.55. The molecule has 1 amide bonds. The van der Waals surface area contributed by atoms with Crippen molar-refractivity contribution in [1.82, 2.24) is 14.9 Å². The van der Waals surface area contributed by atoms with Crippen LogP contribution < -0.4 is 5.32 Å². The quantitative estimate of drug-likeness (QED) is 0.576. The van der Waals surface area contributed by atoms with E-state index in [1.165, 1.54) is 11.8 Å². The minimum atomic E-state index is -1.11. The minimum Gasteiger partial charge on any atom is -0.464 e. The van der Waals surface area contributed by atoms with Gasteiger partial charge in [-0.25, -0.2) is 9.78 Å². The Hall–Kier alpha value is -2.28. The van der Waals surface area contributed by atoms with E-state index < -0.39 is 11.5 Å². The van der Waals surface area contributed by atoms with Crippen molar-refractivity contribution in [3.05, 3.63) is 48.3 Å². The fourth-order valence-corrected chi connectivity index (χ4v) is 3.16. The van der Waals surface area contributed by atoms with Crippen LogP contribution >= 0.6 is 11.8 Å². The Labute approximate surface area is 152 Å². The predicted molar refractivity (Wildman–Crippen MR) is 97.3 cm³/mol. The zero-order chi connectivity index (χ0) is 18.3. The molecule has 0 saturated heterocycles. The third-order valence-corrected chi connectivity index (χ3v) is 4.71. The maximum atomic E-state index is 12.4. The Kier molecular flexibility index (Phi) is 6.64. The highest BCUT2D eigenvalue weighted by molar-refractivity contribution is 7.99. The summed E-state index contributed by atoms with van der Waals surface area (Å²) in [6.07, 6.45) is 3.86. The number of aryl methyl sites for hydroxylation is 1. The molecule has 7 heteroatoms. The average Bonchev–Trinajstić information content (AvgIpc) is 2.99. The molecule has 1 aromatic carbocycles. The molecule has 0 fully saturated rings. The lowest BCUT2D eigenvalue weighted by molar-refractivity contribution is -0.152. The molecule has 1 unspecified atom stereocenters. The molecule has 0 spiro atoms. The maximum Gasteiger partial charge on any atom is 0.331 e. The van der Waals surface area contributed by atoms with Gasteiger partial charge in [-0.3, -0.25) is 4.79 Å². The normalized spacial score (nSPS) is 13.1. The van der Waals surface area contributed by atoms with E-state index in [9.17, 15) is 9.59 Å². The van der Waals surface area contributed by atoms with E-state index >= 15 is 0 Å². The molecule has 2 aromatic rings. The monoisotopic (exact) mass is 361 g/mol. The van der Waals surface area contributed by atoms with Gasteiger partial charge < -0.3 is 14.6 Å². The Balaban J connectivity index is 2.05. The second-order valence-corrected chi connectivity index (χ2v) is 6.82. The number of benzene rings is 1. The summed E-state index contributed by atoms with van der Waals surface area (Å²) in [7, 11) is 1.87. The standard InChI is InChI=1S/C18H23N3O3S/c1-4-24-16(23)18(2,12-14-8-6-5-7-9-14)20-15(22)13-25-17-19-10-11-21(17)3/h5-11H,4,12-13H2,1-3H3,(H,20,22). The van der Waals surface area contributed by atoms with Crippen molar-refractivity contribution in [1.29, 1.82) is 0 Å². The lowest BCUT2D eigenvalue weighted by atomic mass is 9.92. The first-order chi connectivity index (χ1) is 11.9. The summed E-state index contributed by atoms with van der Waals surface area (Å²) in [6.45, 7) is 3.71. The van der Waals surface area contributed by atoms with E-state index in [0.29, 0.717) is 6.42 Å². The van der Waals surface area contributed by atoms with E-state index in [2.05, 4.69) is 10.3 Å². The molecule has 1 aromatic heterocycles. The second kappa shape index (κ2) is 8.71. The summed E-state index contributed by atoms with van der Waals surface area (Å²) in [4.78, 5) is 29.0. The molecule has 1 atom stereocenters. The summed E-state index contributed by atoms with van der Waals surface area (Å²) >= 11 is 1.32. The number of esters is 1. The number of aromatic nitrogens is 2. The number of carbonyl (C=O) groups is 2. The molecular weight excluding hydrogens is 338 g/mol. The first-order valence-corrected chi connectivity index (χ1v) is 9.05. The molecule has 0 radical (unpaired) electrons. The molecule has 0 bridgehead atoms. The molecule has 6 nitrogen and oxygen atoms in total. The second-order valence-electron chi connectivity index (χ2n) is 5.87. The number of nitrogens with one attached hydrogen (secondary N) is 1. The number of hydrogen-bond acceptors (Lipinski definition) is 5. The summed E-state index contributed by atoms with van der Waals surface area (Å²) in [6, 6.07) is 9.56. The van der Waals surface area contributed by atoms with Gasteiger partial charge in [0.15, 0.2) is 5.16 Å². The van der Waals surface area contributed by atoms with Crippen LogP contribution in [0.3, 0.4) is 0 Å². The molecule has 0 aliphatic carbocycles. The number of hydrogen-bond donors (Lipinski definition) is 1. The van der Waals surface area contributed by atoms with Crippen molar-refractivity contribution in [2.24, 2.45) is 7.05 Å². The molecule has 25 heavy (non-hydrogen) atoms. The van der Waals surface area contributed by atoms with Gasteiger partial charge in [0.1, 0.15) is 5.54 Å². The van der Waals surface area contributed by atoms with Gasteiger partial charge in [0.25, 0.3) is 0 Å². The summed E-state index contributed by atoms with van der Waals surface area (Å²) in [5.41, 5.74) is -0.161. The Morgan fingerprint density at radius 1 is 1.32 bits per heavy atom. The number of nitrogens with zero attached hydrogens (tertiary/aromatic N) is 2. The first kappa shape index (κ1) is 19.1. The predicted octanol–water partition coefficient (Wildman–Crippen LogP) is 2.19. The van der Waals surface area contributed by atoms with Crippen molar-refractivity contribution in [2.75, 3.05) is 12.4 Å². The van der Waals surface area contributed by atoms with Crippen LogP contribution in [-0.4, -0.2) is 39.3 Å². The topological polar surface area (TPSA) is 73.2 Å². The number of imidazole rings is 1. The van der Waals surface area contributed by atoms with E-state index in [1.54, 1.807) is 20.0 Å². The van der Waals surface area contributed by atoms with E-state index in [4.69, 9.17) is 4.74 Å². The van der Waals surface area contributed by atoms with Crippen LogP contribution in [-0.2, 0) is 27.8 Å². The third kappa shape index (κ3) is 5.35. The van der Waals surface area contributed by atoms with Gasteiger partial charge in [0.2, 0.25) is 5.91 Å². The molecular formula is C18H23N3O3S. The van der Waals surface area contributed by atoms with E-state index in [-0.39, 0.29) is 18.3 Å².